The zero-order valence-corrected chi connectivity index (χ0v) is 11.8. The van der Waals surface area contributed by atoms with Crippen LogP contribution in [0.3, 0.4) is 0 Å². The number of anilines is 1. The van der Waals surface area contributed by atoms with Crippen LogP contribution in [0.2, 0.25) is 5.02 Å². The van der Waals surface area contributed by atoms with Crippen LogP contribution < -0.4 is 4.90 Å². The Labute approximate surface area is 126 Å². The molecular formula is C15H14ClNO4. The fourth-order valence-corrected chi connectivity index (χ4v) is 4.48. The molecule has 6 heteroatoms. The Hall–Kier alpha value is -1.43. The first kappa shape index (κ1) is 13.2. The van der Waals surface area contributed by atoms with Gasteiger partial charge >= 0.3 is 0 Å². The number of carbonyl (C=O) groups is 2. The highest BCUT2D eigenvalue weighted by Gasteiger charge is 2.67. The minimum Gasteiger partial charge on any atom is -0.390 e. The summed E-state index contributed by atoms with van der Waals surface area (Å²) in [6.07, 6.45) is -1.28. The molecule has 1 aromatic rings. The molecule has 4 rings (SSSR count). The van der Waals surface area contributed by atoms with E-state index in [0.717, 1.165) is 4.90 Å². The number of aliphatic hydroxyl groups is 2. The number of nitrogens with zero attached hydrogens (tertiary/aromatic N) is 1. The van der Waals surface area contributed by atoms with Gasteiger partial charge in [-0.3, -0.25) is 9.59 Å². The summed E-state index contributed by atoms with van der Waals surface area (Å²) in [4.78, 5) is 26.4. The molecule has 21 heavy (non-hydrogen) atoms. The van der Waals surface area contributed by atoms with E-state index in [9.17, 15) is 19.8 Å². The van der Waals surface area contributed by atoms with Gasteiger partial charge in [0, 0.05) is 16.9 Å². The van der Waals surface area contributed by atoms with Crippen molar-refractivity contribution in [2.24, 2.45) is 23.7 Å². The van der Waals surface area contributed by atoms with E-state index in [2.05, 4.69) is 0 Å². The van der Waals surface area contributed by atoms with Crippen molar-refractivity contribution in [1.29, 1.82) is 0 Å². The Morgan fingerprint density at radius 1 is 1.05 bits per heavy atom. The summed E-state index contributed by atoms with van der Waals surface area (Å²) in [5.74, 6) is -2.25. The second kappa shape index (κ2) is 4.29. The van der Waals surface area contributed by atoms with E-state index >= 15 is 0 Å². The molecule has 3 fully saturated rings. The second-order valence-electron chi connectivity index (χ2n) is 6.09. The normalized spacial score (nSPS) is 41.0. The summed E-state index contributed by atoms with van der Waals surface area (Å²) in [5, 5.41) is 20.4. The first-order chi connectivity index (χ1) is 10.0. The molecule has 0 spiro atoms. The van der Waals surface area contributed by atoms with Crippen molar-refractivity contribution in [3.05, 3.63) is 29.3 Å². The lowest BCUT2D eigenvalue weighted by molar-refractivity contribution is -0.129. The molecule has 1 saturated heterocycles. The topological polar surface area (TPSA) is 77.8 Å². The summed E-state index contributed by atoms with van der Waals surface area (Å²) in [7, 11) is 0. The molecule has 2 saturated carbocycles. The molecule has 0 unspecified atom stereocenters. The van der Waals surface area contributed by atoms with Crippen LogP contribution in [0, 0.1) is 23.7 Å². The smallest absolute Gasteiger partial charge is 0.238 e. The van der Waals surface area contributed by atoms with Gasteiger partial charge in [-0.2, -0.15) is 0 Å². The minimum absolute atomic E-state index is 0.286. The number of amides is 2. The molecule has 2 bridgehead atoms. The monoisotopic (exact) mass is 307 g/mol. The summed E-state index contributed by atoms with van der Waals surface area (Å²) in [5.41, 5.74) is 0.454. The van der Waals surface area contributed by atoms with E-state index in [4.69, 9.17) is 11.6 Å². The Morgan fingerprint density at radius 2 is 1.62 bits per heavy atom. The van der Waals surface area contributed by atoms with Crippen LogP contribution in [0.4, 0.5) is 5.69 Å². The van der Waals surface area contributed by atoms with Crippen molar-refractivity contribution >= 4 is 29.1 Å². The second-order valence-corrected chi connectivity index (χ2v) is 6.52. The number of hydrogen-bond acceptors (Lipinski definition) is 4. The van der Waals surface area contributed by atoms with E-state index in [1.807, 2.05) is 0 Å². The van der Waals surface area contributed by atoms with Gasteiger partial charge in [0.05, 0.1) is 29.7 Å². The van der Waals surface area contributed by atoms with Crippen LogP contribution in [0.1, 0.15) is 6.42 Å². The number of carbonyl (C=O) groups excluding carboxylic acids is 2. The molecule has 6 atom stereocenters. The average molecular weight is 308 g/mol. The van der Waals surface area contributed by atoms with Gasteiger partial charge in [0.25, 0.3) is 0 Å². The van der Waals surface area contributed by atoms with Gasteiger partial charge < -0.3 is 10.2 Å². The molecule has 1 aliphatic heterocycles. The van der Waals surface area contributed by atoms with E-state index in [0.29, 0.717) is 17.1 Å². The van der Waals surface area contributed by atoms with Crippen molar-refractivity contribution in [2.75, 3.05) is 4.90 Å². The van der Waals surface area contributed by atoms with Crippen LogP contribution >= 0.6 is 11.6 Å². The Balaban J connectivity index is 1.75. The Kier molecular flexibility index (Phi) is 2.70. The first-order valence-electron chi connectivity index (χ1n) is 7.00. The Bertz CT molecular complexity index is 616. The maximum absolute atomic E-state index is 12.6. The molecule has 1 heterocycles. The zero-order chi connectivity index (χ0) is 14.9. The molecule has 5 nitrogen and oxygen atoms in total. The van der Waals surface area contributed by atoms with E-state index in [1.54, 1.807) is 24.3 Å². The summed E-state index contributed by atoms with van der Waals surface area (Å²) in [6.45, 7) is 0. The molecule has 0 radical (unpaired) electrons. The third-order valence-electron chi connectivity index (χ3n) is 5.16. The van der Waals surface area contributed by atoms with Gasteiger partial charge in [-0.25, -0.2) is 4.90 Å². The molecule has 1 aromatic carbocycles. The van der Waals surface area contributed by atoms with Crippen LogP contribution in [-0.2, 0) is 9.59 Å². The third-order valence-corrected chi connectivity index (χ3v) is 5.39. The van der Waals surface area contributed by atoms with Gasteiger partial charge in [-0.05, 0) is 24.6 Å². The van der Waals surface area contributed by atoms with Gasteiger partial charge in [-0.15, -0.1) is 0 Å². The fourth-order valence-electron chi connectivity index (χ4n) is 4.30. The average Bonchev–Trinajstić information content (AvgIpc) is 3.04. The minimum atomic E-state index is -0.910. The van der Waals surface area contributed by atoms with E-state index in [-0.39, 0.29) is 23.7 Å². The van der Waals surface area contributed by atoms with Crippen molar-refractivity contribution in [3.63, 3.8) is 0 Å². The largest absolute Gasteiger partial charge is 0.390 e. The molecule has 2 aliphatic carbocycles. The van der Waals surface area contributed by atoms with E-state index in [1.165, 1.54) is 0 Å². The summed E-state index contributed by atoms with van der Waals surface area (Å²) in [6, 6.07) is 6.60. The van der Waals surface area contributed by atoms with Crippen molar-refractivity contribution in [3.8, 4) is 0 Å². The highest BCUT2D eigenvalue weighted by atomic mass is 35.5. The van der Waals surface area contributed by atoms with Gasteiger partial charge in [0.2, 0.25) is 11.8 Å². The number of halogens is 1. The van der Waals surface area contributed by atoms with Crippen molar-refractivity contribution in [2.45, 2.75) is 18.6 Å². The molecule has 3 aliphatic rings. The first-order valence-corrected chi connectivity index (χ1v) is 7.38. The lowest BCUT2D eigenvalue weighted by Crippen LogP contribution is -2.43. The Morgan fingerprint density at radius 3 is 2.14 bits per heavy atom. The number of rotatable bonds is 1. The van der Waals surface area contributed by atoms with Crippen LogP contribution in [0.15, 0.2) is 24.3 Å². The molecular weight excluding hydrogens is 294 g/mol. The predicted molar refractivity (Wildman–Crippen MR) is 74.5 cm³/mol. The summed E-state index contributed by atoms with van der Waals surface area (Å²) >= 11 is 5.93. The standard InChI is InChI=1S/C15H14ClNO4/c16-6-2-1-3-7(4-6)17-14(20)10-8-5-9(11(10)15(17)21)13(19)12(8)18/h1-4,8-13,18-19H,5H2/t8-,9+,10-,11-,12-,13+/m0/s1. The van der Waals surface area contributed by atoms with Crippen LogP contribution in [0.5, 0.6) is 0 Å². The predicted octanol–water partition coefficient (Wildman–Crippen LogP) is 0.817. The number of benzene rings is 1. The third kappa shape index (κ3) is 1.59. The lowest BCUT2D eigenvalue weighted by Gasteiger charge is -2.29. The fraction of sp³-hybridized carbons (Fsp3) is 0.467. The maximum atomic E-state index is 12.6. The SMILES string of the molecule is O=C1[C@H]2[C@@H]3C[C@@H]([C@@H](O)[C@H]3O)[C@@H]2C(=O)N1c1cccc(Cl)c1. The number of hydrogen-bond donors (Lipinski definition) is 2. The highest BCUT2D eigenvalue weighted by molar-refractivity contribution is 6.31. The quantitative estimate of drug-likeness (QED) is 0.753. The van der Waals surface area contributed by atoms with Gasteiger partial charge in [-0.1, -0.05) is 17.7 Å². The highest BCUT2D eigenvalue weighted by Crippen LogP contribution is 2.56. The van der Waals surface area contributed by atoms with E-state index < -0.39 is 24.0 Å². The molecule has 2 N–H and O–H groups in total. The van der Waals surface area contributed by atoms with Crippen molar-refractivity contribution < 1.29 is 19.8 Å². The molecule has 2 amide bonds. The number of imide groups is 1. The lowest BCUT2D eigenvalue weighted by atomic mass is 9.78. The molecule has 0 aromatic heterocycles. The van der Waals surface area contributed by atoms with Gasteiger partial charge in [0.1, 0.15) is 0 Å². The van der Waals surface area contributed by atoms with Gasteiger partial charge in [0.15, 0.2) is 0 Å². The van der Waals surface area contributed by atoms with Crippen molar-refractivity contribution in [1.82, 2.24) is 0 Å². The van der Waals surface area contributed by atoms with Crippen LogP contribution in [0.25, 0.3) is 0 Å². The zero-order valence-electron chi connectivity index (χ0n) is 11.0. The number of aliphatic hydroxyl groups excluding tert-OH is 2. The molecule has 110 valence electrons. The van der Waals surface area contributed by atoms with Crippen LogP contribution in [-0.4, -0.2) is 34.2 Å². The summed E-state index contributed by atoms with van der Waals surface area (Å²) < 4.78 is 0. The maximum Gasteiger partial charge on any atom is 0.238 e. The number of fused-ring (bicyclic) bond motifs is 5.